The predicted molar refractivity (Wildman–Crippen MR) is 94.8 cm³/mol. The number of allylic oxidation sites excluding steroid dienone is 1. The van der Waals surface area contributed by atoms with E-state index in [1.165, 1.54) is 11.8 Å². The molecule has 0 bridgehead atoms. The van der Waals surface area contributed by atoms with E-state index in [-0.39, 0.29) is 11.8 Å². The highest BCUT2D eigenvalue weighted by molar-refractivity contribution is 7.99. The van der Waals surface area contributed by atoms with Gasteiger partial charge in [0.05, 0.1) is 6.04 Å². The minimum Gasteiger partial charge on any atom is -0.327 e. The van der Waals surface area contributed by atoms with Crippen molar-refractivity contribution < 1.29 is 9.59 Å². The van der Waals surface area contributed by atoms with Gasteiger partial charge in [-0.25, -0.2) is 4.79 Å². The summed E-state index contributed by atoms with van der Waals surface area (Å²) in [6.45, 7) is 3.27. The van der Waals surface area contributed by atoms with Crippen LogP contribution in [0.15, 0.2) is 75.7 Å². The molecular formula is C19H18N2O2S. The molecular weight excluding hydrogens is 320 g/mol. The van der Waals surface area contributed by atoms with E-state index in [1.807, 2.05) is 42.5 Å². The number of rotatable bonds is 4. The van der Waals surface area contributed by atoms with Gasteiger partial charge in [-0.05, 0) is 43.7 Å². The number of Topliss-reactive ketones (excluding diaryl/α,β-unsaturated/α-hetero) is 1. The van der Waals surface area contributed by atoms with E-state index in [2.05, 4.69) is 22.8 Å². The topological polar surface area (TPSA) is 58.2 Å². The Morgan fingerprint density at radius 3 is 2.25 bits per heavy atom. The molecule has 2 amide bonds. The smallest absolute Gasteiger partial charge is 0.319 e. The first-order chi connectivity index (χ1) is 11.5. The largest absolute Gasteiger partial charge is 0.327 e. The van der Waals surface area contributed by atoms with Crippen LogP contribution in [0.1, 0.15) is 25.5 Å². The fourth-order valence-electron chi connectivity index (χ4n) is 2.76. The SMILES string of the molecule is CC(=O)C1=C(C)NC(=O)NC1c1ccc(Sc2ccccc2)cc1. The van der Waals surface area contributed by atoms with Gasteiger partial charge in [-0.3, -0.25) is 4.79 Å². The number of hydrogen-bond acceptors (Lipinski definition) is 3. The van der Waals surface area contributed by atoms with Gasteiger partial charge in [0, 0.05) is 21.1 Å². The van der Waals surface area contributed by atoms with Crippen molar-refractivity contribution in [3.8, 4) is 0 Å². The van der Waals surface area contributed by atoms with Gasteiger partial charge in [0.2, 0.25) is 0 Å². The Bertz CT molecular complexity index is 798. The number of amides is 2. The third kappa shape index (κ3) is 3.51. The van der Waals surface area contributed by atoms with Crippen molar-refractivity contribution in [1.29, 1.82) is 0 Å². The Hall–Kier alpha value is -2.53. The molecule has 5 heteroatoms. The molecule has 0 aliphatic carbocycles. The van der Waals surface area contributed by atoms with Crippen LogP contribution in [0.4, 0.5) is 4.79 Å². The van der Waals surface area contributed by atoms with E-state index >= 15 is 0 Å². The summed E-state index contributed by atoms with van der Waals surface area (Å²) in [7, 11) is 0. The Morgan fingerprint density at radius 1 is 1.00 bits per heavy atom. The van der Waals surface area contributed by atoms with Crippen molar-refractivity contribution in [2.45, 2.75) is 29.7 Å². The summed E-state index contributed by atoms with van der Waals surface area (Å²) in [5, 5.41) is 5.49. The second-order valence-corrected chi connectivity index (χ2v) is 6.76. The maximum atomic E-state index is 12.0. The third-order valence-corrected chi connectivity index (χ3v) is 4.86. The molecule has 3 rings (SSSR count). The van der Waals surface area contributed by atoms with Gasteiger partial charge in [0.25, 0.3) is 0 Å². The minimum absolute atomic E-state index is 0.0484. The summed E-state index contributed by atoms with van der Waals surface area (Å²) >= 11 is 1.67. The zero-order valence-corrected chi connectivity index (χ0v) is 14.3. The molecule has 1 aliphatic heterocycles. The van der Waals surface area contributed by atoms with Crippen LogP contribution < -0.4 is 10.6 Å². The third-order valence-electron chi connectivity index (χ3n) is 3.84. The molecule has 0 radical (unpaired) electrons. The zero-order valence-electron chi connectivity index (χ0n) is 13.5. The number of carbonyl (C=O) groups excluding carboxylic acids is 2. The van der Waals surface area contributed by atoms with Gasteiger partial charge >= 0.3 is 6.03 Å². The van der Waals surface area contributed by atoms with Crippen molar-refractivity contribution in [3.63, 3.8) is 0 Å². The number of benzene rings is 2. The number of hydrogen-bond donors (Lipinski definition) is 2. The van der Waals surface area contributed by atoms with E-state index in [0.717, 1.165) is 10.5 Å². The Morgan fingerprint density at radius 2 is 1.62 bits per heavy atom. The van der Waals surface area contributed by atoms with Crippen LogP contribution in [-0.4, -0.2) is 11.8 Å². The van der Waals surface area contributed by atoms with Crippen LogP contribution >= 0.6 is 11.8 Å². The van der Waals surface area contributed by atoms with Crippen LogP contribution in [0, 0.1) is 0 Å². The van der Waals surface area contributed by atoms with Crippen LogP contribution in [0.25, 0.3) is 0 Å². The number of ketones is 1. The molecule has 1 aliphatic rings. The molecule has 0 fully saturated rings. The average molecular weight is 338 g/mol. The predicted octanol–water partition coefficient (Wildman–Crippen LogP) is 4.05. The lowest BCUT2D eigenvalue weighted by Gasteiger charge is -2.28. The molecule has 2 N–H and O–H groups in total. The Labute approximate surface area is 145 Å². The molecule has 24 heavy (non-hydrogen) atoms. The lowest BCUT2D eigenvalue weighted by atomic mass is 9.93. The molecule has 2 aromatic rings. The van der Waals surface area contributed by atoms with Gasteiger partial charge in [0.1, 0.15) is 0 Å². The number of carbonyl (C=O) groups is 2. The van der Waals surface area contributed by atoms with Gasteiger partial charge in [-0.2, -0.15) is 0 Å². The van der Waals surface area contributed by atoms with Gasteiger partial charge in [-0.1, -0.05) is 42.1 Å². The van der Waals surface area contributed by atoms with Crippen molar-refractivity contribution >= 4 is 23.6 Å². The highest BCUT2D eigenvalue weighted by atomic mass is 32.2. The summed E-state index contributed by atoms with van der Waals surface area (Å²) in [5.74, 6) is -0.0484. The van der Waals surface area contributed by atoms with Crippen LogP contribution in [0.5, 0.6) is 0 Å². The normalized spacial score (nSPS) is 17.2. The van der Waals surface area contributed by atoms with Crippen molar-refractivity contribution in [3.05, 3.63) is 71.4 Å². The Balaban J connectivity index is 1.85. The van der Waals surface area contributed by atoms with Gasteiger partial charge in [-0.15, -0.1) is 0 Å². The number of nitrogens with one attached hydrogen (secondary N) is 2. The summed E-state index contributed by atoms with van der Waals surface area (Å²) in [4.78, 5) is 26.0. The second-order valence-electron chi connectivity index (χ2n) is 5.61. The van der Waals surface area contributed by atoms with Crippen LogP contribution in [0.2, 0.25) is 0 Å². The summed E-state index contributed by atoms with van der Waals surface area (Å²) < 4.78 is 0. The molecule has 1 heterocycles. The lowest BCUT2D eigenvalue weighted by molar-refractivity contribution is -0.114. The molecule has 0 spiro atoms. The molecule has 0 saturated heterocycles. The van der Waals surface area contributed by atoms with Crippen molar-refractivity contribution in [2.24, 2.45) is 0 Å². The average Bonchev–Trinajstić information content (AvgIpc) is 2.55. The monoisotopic (exact) mass is 338 g/mol. The van der Waals surface area contributed by atoms with Gasteiger partial charge < -0.3 is 10.6 Å². The fourth-order valence-corrected chi connectivity index (χ4v) is 3.60. The maximum Gasteiger partial charge on any atom is 0.319 e. The highest BCUT2D eigenvalue weighted by Crippen LogP contribution is 2.31. The quantitative estimate of drug-likeness (QED) is 0.884. The zero-order chi connectivity index (χ0) is 17.1. The first kappa shape index (κ1) is 16.3. The molecule has 122 valence electrons. The molecule has 1 unspecified atom stereocenters. The van der Waals surface area contributed by atoms with E-state index in [9.17, 15) is 9.59 Å². The Kier molecular flexibility index (Phi) is 4.71. The number of urea groups is 1. The molecule has 2 aromatic carbocycles. The van der Waals surface area contributed by atoms with Crippen LogP contribution in [0.3, 0.4) is 0 Å². The maximum absolute atomic E-state index is 12.0. The van der Waals surface area contributed by atoms with E-state index in [4.69, 9.17) is 0 Å². The highest BCUT2D eigenvalue weighted by Gasteiger charge is 2.28. The van der Waals surface area contributed by atoms with Gasteiger partial charge in [0.15, 0.2) is 5.78 Å². The first-order valence-electron chi connectivity index (χ1n) is 7.66. The van der Waals surface area contributed by atoms with Crippen LogP contribution in [-0.2, 0) is 4.79 Å². The molecule has 0 saturated carbocycles. The van der Waals surface area contributed by atoms with Crippen molar-refractivity contribution in [1.82, 2.24) is 10.6 Å². The molecule has 0 aromatic heterocycles. The van der Waals surface area contributed by atoms with E-state index in [1.54, 1.807) is 18.7 Å². The molecule has 4 nitrogen and oxygen atoms in total. The minimum atomic E-state index is -0.410. The van der Waals surface area contributed by atoms with E-state index in [0.29, 0.717) is 11.3 Å². The van der Waals surface area contributed by atoms with Crippen molar-refractivity contribution in [2.75, 3.05) is 0 Å². The molecule has 1 atom stereocenters. The lowest BCUT2D eigenvalue weighted by Crippen LogP contribution is -2.44. The fraction of sp³-hybridized carbons (Fsp3) is 0.158. The first-order valence-corrected chi connectivity index (χ1v) is 8.48. The summed E-state index contributed by atoms with van der Waals surface area (Å²) in [6, 6.07) is 17.4. The standard InChI is InChI=1S/C19H18N2O2S/c1-12-17(13(2)22)18(21-19(23)20-12)14-8-10-16(11-9-14)24-15-6-4-3-5-7-15/h3-11,18H,1-2H3,(H2,20,21,23). The summed E-state index contributed by atoms with van der Waals surface area (Å²) in [6.07, 6.45) is 0. The summed E-state index contributed by atoms with van der Waals surface area (Å²) in [5.41, 5.74) is 2.10. The second kappa shape index (κ2) is 6.93. The van der Waals surface area contributed by atoms with E-state index < -0.39 is 6.04 Å².